The zero-order chi connectivity index (χ0) is 15.6. The van der Waals surface area contributed by atoms with Crippen molar-refractivity contribution in [2.24, 2.45) is 5.41 Å². The Bertz CT molecular complexity index is 467. The van der Waals surface area contributed by atoms with Crippen LogP contribution in [0.25, 0.3) is 0 Å². The molecule has 0 fully saturated rings. The fourth-order valence-electron chi connectivity index (χ4n) is 1.70. The topological polar surface area (TPSA) is 26.3 Å². The molecule has 0 radical (unpaired) electrons. The van der Waals surface area contributed by atoms with E-state index < -0.39 is 15.5 Å². The Morgan fingerprint density at radius 2 is 1.70 bits per heavy atom. The summed E-state index contributed by atoms with van der Waals surface area (Å²) in [6.07, 6.45) is -4.28. The van der Waals surface area contributed by atoms with Gasteiger partial charge < -0.3 is 4.74 Å². The Morgan fingerprint density at radius 1 is 1.20 bits per heavy atom. The van der Waals surface area contributed by atoms with Crippen molar-refractivity contribution in [3.63, 3.8) is 0 Å². The molecule has 1 aromatic rings. The lowest BCUT2D eigenvalue weighted by molar-refractivity contribution is -0.274. The number of ether oxygens (including phenoxy) is 1. The van der Waals surface area contributed by atoms with Crippen molar-refractivity contribution in [2.45, 2.75) is 30.4 Å². The van der Waals surface area contributed by atoms with Crippen LogP contribution < -0.4 is 4.74 Å². The van der Waals surface area contributed by atoms with Crippen LogP contribution in [0.2, 0.25) is 0 Å². The van der Waals surface area contributed by atoms with Gasteiger partial charge in [0.2, 0.25) is 0 Å². The highest BCUT2D eigenvalue weighted by molar-refractivity contribution is 9.25. The molecule has 0 aliphatic heterocycles. The van der Waals surface area contributed by atoms with Crippen LogP contribution >= 0.6 is 31.9 Å². The summed E-state index contributed by atoms with van der Waals surface area (Å²) in [5.74, 6) is -0.308. The number of Topliss-reactive ketones (excluding diaryl/α,β-unsaturated/α-hetero) is 1. The molecule has 20 heavy (non-hydrogen) atoms. The summed E-state index contributed by atoms with van der Waals surface area (Å²) in [7, 11) is 0. The Balaban J connectivity index is 2.77. The van der Waals surface area contributed by atoms with Crippen molar-refractivity contribution in [3.8, 4) is 5.75 Å². The molecular weight excluding hydrogens is 405 g/mol. The first-order valence-corrected chi connectivity index (χ1v) is 7.51. The van der Waals surface area contributed by atoms with E-state index in [2.05, 4.69) is 36.6 Å². The maximum Gasteiger partial charge on any atom is 0.573 e. The number of hydrogen-bond donors (Lipinski definition) is 0. The van der Waals surface area contributed by atoms with E-state index >= 15 is 0 Å². The summed E-state index contributed by atoms with van der Waals surface area (Å²) >= 11 is 6.31. The minimum Gasteiger partial charge on any atom is -0.406 e. The third kappa shape index (κ3) is 5.44. The van der Waals surface area contributed by atoms with Gasteiger partial charge in [0.25, 0.3) is 0 Å². The molecule has 7 heteroatoms. The van der Waals surface area contributed by atoms with E-state index in [1.165, 1.54) is 24.3 Å². The number of carbonyl (C=O) groups excluding carboxylic acids is 1. The van der Waals surface area contributed by atoms with E-state index in [-0.39, 0.29) is 11.5 Å². The summed E-state index contributed by atoms with van der Waals surface area (Å²) in [4.78, 5) is 12.0. The molecule has 0 heterocycles. The maximum atomic E-state index is 12.0. The summed E-state index contributed by atoms with van der Waals surface area (Å²) < 4.78 is 39.4. The van der Waals surface area contributed by atoms with Crippen LogP contribution in [-0.4, -0.2) is 15.9 Å². The third-order valence-electron chi connectivity index (χ3n) is 2.67. The molecule has 0 amide bonds. The number of alkyl halides is 5. The van der Waals surface area contributed by atoms with Gasteiger partial charge >= 0.3 is 6.36 Å². The van der Waals surface area contributed by atoms with Crippen LogP contribution in [0.15, 0.2) is 24.3 Å². The predicted octanol–water partition coefficient (Wildman–Crippen LogP) is 4.84. The summed E-state index contributed by atoms with van der Waals surface area (Å²) in [5, 5.41) is 0. The van der Waals surface area contributed by atoms with Gasteiger partial charge in [-0.1, -0.05) is 57.8 Å². The fraction of sp³-hybridized carbons (Fsp3) is 0.462. The standard InChI is InChI=1S/C13H13Br2F3O2/c1-12(2,10(19)11(14)15)7-8-3-5-9(6-4-8)20-13(16,17)18/h3-6,11H,7H2,1-2H3. The first kappa shape index (κ1) is 17.5. The van der Waals surface area contributed by atoms with Crippen LogP contribution in [0.5, 0.6) is 5.75 Å². The van der Waals surface area contributed by atoms with Gasteiger partial charge in [-0.05, 0) is 24.1 Å². The minimum atomic E-state index is -4.70. The van der Waals surface area contributed by atoms with Gasteiger partial charge in [-0.25, -0.2) is 0 Å². The fourth-order valence-corrected chi connectivity index (χ4v) is 2.94. The minimum absolute atomic E-state index is 0.0341. The van der Waals surface area contributed by atoms with Gasteiger partial charge in [-0.15, -0.1) is 13.2 Å². The van der Waals surface area contributed by atoms with E-state index in [0.717, 1.165) is 5.56 Å². The zero-order valence-electron chi connectivity index (χ0n) is 10.8. The second-order valence-electron chi connectivity index (χ2n) is 4.92. The zero-order valence-corrected chi connectivity index (χ0v) is 14.0. The lowest BCUT2D eigenvalue weighted by Gasteiger charge is -2.24. The molecule has 0 spiro atoms. The van der Waals surface area contributed by atoms with E-state index in [0.29, 0.717) is 6.42 Å². The first-order valence-electron chi connectivity index (χ1n) is 5.68. The van der Waals surface area contributed by atoms with Gasteiger partial charge in [-0.2, -0.15) is 0 Å². The Labute approximate surface area is 131 Å². The van der Waals surface area contributed by atoms with Crippen LogP contribution in [0.1, 0.15) is 19.4 Å². The SMILES string of the molecule is CC(C)(Cc1ccc(OC(F)(F)F)cc1)C(=O)C(Br)Br. The van der Waals surface area contributed by atoms with Crippen LogP contribution in [0.3, 0.4) is 0 Å². The van der Waals surface area contributed by atoms with E-state index in [1.54, 1.807) is 13.8 Å². The Kier molecular flexibility index (Phi) is 5.66. The van der Waals surface area contributed by atoms with Crippen LogP contribution in [0, 0.1) is 5.41 Å². The highest BCUT2D eigenvalue weighted by Crippen LogP contribution is 2.30. The Morgan fingerprint density at radius 3 is 2.10 bits per heavy atom. The van der Waals surface area contributed by atoms with E-state index in [1.807, 2.05) is 0 Å². The highest BCUT2D eigenvalue weighted by atomic mass is 79.9. The molecule has 0 atom stereocenters. The number of halogens is 5. The maximum absolute atomic E-state index is 12.0. The van der Waals surface area contributed by atoms with Gasteiger partial charge in [-0.3, -0.25) is 4.79 Å². The lowest BCUT2D eigenvalue weighted by atomic mass is 9.82. The number of benzene rings is 1. The average Bonchev–Trinajstić information content (AvgIpc) is 2.28. The smallest absolute Gasteiger partial charge is 0.406 e. The van der Waals surface area contributed by atoms with Crippen molar-refractivity contribution < 1.29 is 22.7 Å². The van der Waals surface area contributed by atoms with E-state index in [9.17, 15) is 18.0 Å². The van der Waals surface area contributed by atoms with Crippen LogP contribution in [-0.2, 0) is 11.2 Å². The van der Waals surface area contributed by atoms with Gasteiger partial charge in [0.15, 0.2) is 5.78 Å². The molecule has 112 valence electrons. The van der Waals surface area contributed by atoms with Gasteiger partial charge in [0.05, 0.1) is 0 Å². The van der Waals surface area contributed by atoms with Gasteiger partial charge in [0, 0.05) is 5.41 Å². The molecule has 0 aliphatic rings. The molecular formula is C13H13Br2F3O2. The average molecular weight is 418 g/mol. The molecule has 0 N–H and O–H groups in total. The van der Waals surface area contributed by atoms with Crippen molar-refractivity contribution in [1.82, 2.24) is 0 Å². The summed E-state index contributed by atoms with van der Waals surface area (Å²) in [6, 6.07) is 5.52. The molecule has 0 aliphatic carbocycles. The van der Waals surface area contributed by atoms with Crippen molar-refractivity contribution in [3.05, 3.63) is 29.8 Å². The number of carbonyl (C=O) groups is 1. The van der Waals surface area contributed by atoms with Crippen molar-refractivity contribution >= 4 is 37.6 Å². The Hall–Kier alpha value is -0.560. The van der Waals surface area contributed by atoms with Crippen molar-refractivity contribution in [2.75, 3.05) is 0 Å². The summed E-state index contributed by atoms with van der Waals surface area (Å²) in [5.41, 5.74) is 0.128. The third-order valence-corrected chi connectivity index (χ3v) is 3.50. The first-order chi connectivity index (χ1) is 9.01. The molecule has 1 aromatic carbocycles. The number of rotatable bonds is 5. The van der Waals surface area contributed by atoms with Gasteiger partial charge in [0.1, 0.15) is 9.49 Å². The quantitative estimate of drug-likeness (QED) is 0.641. The second kappa shape index (κ2) is 6.47. The lowest BCUT2D eigenvalue weighted by Crippen LogP contribution is -2.30. The molecule has 0 bridgehead atoms. The monoisotopic (exact) mass is 416 g/mol. The molecule has 0 aromatic heterocycles. The molecule has 1 rings (SSSR count). The summed E-state index contributed by atoms with van der Waals surface area (Å²) in [6.45, 7) is 3.57. The molecule has 0 saturated heterocycles. The predicted molar refractivity (Wildman–Crippen MR) is 77.3 cm³/mol. The highest BCUT2D eigenvalue weighted by Gasteiger charge is 2.32. The van der Waals surface area contributed by atoms with Crippen LogP contribution in [0.4, 0.5) is 13.2 Å². The van der Waals surface area contributed by atoms with E-state index in [4.69, 9.17) is 0 Å². The normalized spacial score (nSPS) is 12.6. The number of hydrogen-bond acceptors (Lipinski definition) is 2. The second-order valence-corrected chi connectivity index (χ2v) is 7.98. The van der Waals surface area contributed by atoms with Crippen molar-refractivity contribution in [1.29, 1.82) is 0 Å². The molecule has 2 nitrogen and oxygen atoms in total. The molecule has 0 unspecified atom stereocenters. The molecule has 0 saturated carbocycles. The largest absolute Gasteiger partial charge is 0.573 e. The number of ketones is 1.